The number of nitrogens with one attached hydrogen (secondary N) is 3. The van der Waals surface area contributed by atoms with Crippen molar-refractivity contribution in [2.24, 2.45) is 0 Å². The zero-order chi connectivity index (χ0) is 20.1. The van der Waals surface area contributed by atoms with Gasteiger partial charge in [0, 0.05) is 29.5 Å². The van der Waals surface area contributed by atoms with E-state index in [1.807, 2.05) is 0 Å². The third-order valence-electron chi connectivity index (χ3n) is 3.71. The maximum absolute atomic E-state index is 12.1. The van der Waals surface area contributed by atoms with Crippen molar-refractivity contribution in [2.75, 3.05) is 16.0 Å². The maximum Gasteiger partial charge on any atom is 0.371 e. The summed E-state index contributed by atoms with van der Waals surface area (Å²) in [5, 5.41) is 16.9. The molecule has 3 rings (SSSR count). The second kappa shape index (κ2) is 8.09. The molecule has 4 N–H and O–H groups in total. The van der Waals surface area contributed by atoms with Crippen LogP contribution in [0.5, 0.6) is 0 Å². The van der Waals surface area contributed by atoms with Gasteiger partial charge in [-0.25, -0.2) is 9.59 Å². The van der Waals surface area contributed by atoms with Crippen molar-refractivity contribution >= 4 is 35.0 Å². The van der Waals surface area contributed by atoms with E-state index in [9.17, 15) is 14.4 Å². The SMILES string of the molecule is CC(=O)Nc1ccc(NC(=O)Nc2ccc(-c3ccc(C(=O)O)o3)cc2)cc1. The molecule has 3 amide bonds. The van der Waals surface area contributed by atoms with E-state index in [1.165, 1.54) is 13.0 Å². The van der Waals surface area contributed by atoms with Crippen LogP contribution in [0, 0.1) is 0 Å². The Hall–Kier alpha value is -4.07. The Morgan fingerprint density at radius 2 is 1.25 bits per heavy atom. The highest BCUT2D eigenvalue weighted by Crippen LogP contribution is 2.24. The number of hydrogen-bond donors (Lipinski definition) is 4. The van der Waals surface area contributed by atoms with Crippen LogP contribution < -0.4 is 16.0 Å². The number of urea groups is 1. The van der Waals surface area contributed by atoms with Crippen molar-refractivity contribution in [1.29, 1.82) is 0 Å². The Morgan fingerprint density at radius 3 is 1.71 bits per heavy atom. The molecule has 0 bridgehead atoms. The largest absolute Gasteiger partial charge is 0.475 e. The molecular weight excluding hydrogens is 362 g/mol. The first-order chi connectivity index (χ1) is 13.4. The van der Waals surface area contributed by atoms with Crippen molar-refractivity contribution in [2.45, 2.75) is 6.92 Å². The van der Waals surface area contributed by atoms with Crippen molar-refractivity contribution in [3.63, 3.8) is 0 Å². The fraction of sp³-hybridized carbons (Fsp3) is 0.0500. The molecule has 0 saturated carbocycles. The molecule has 8 heteroatoms. The number of rotatable bonds is 5. The predicted octanol–water partition coefficient (Wildman–Crippen LogP) is 4.25. The third kappa shape index (κ3) is 4.76. The molecule has 8 nitrogen and oxygen atoms in total. The summed E-state index contributed by atoms with van der Waals surface area (Å²) >= 11 is 0. The molecule has 0 saturated heterocycles. The van der Waals surface area contributed by atoms with Gasteiger partial charge in [-0.1, -0.05) is 0 Å². The first-order valence-corrected chi connectivity index (χ1v) is 8.30. The molecule has 0 aliphatic carbocycles. The Balaban J connectivity index is 1.59. The number of benzene rings is 2. The fourth-order valence-corrected chi connectivity index (χ4v) is 2.46. The molecule has 0 atom stereocenters. The van der Waals surface area contributed by atoms with Gasteiger partial charge in [0.05, 0.1) is 0 Å². The van der Waals surface area contributed by atoms with Gasteiger partial charge in [0.2, 0.25) is 11.7 Å². The van der Waals surface area contributed by atoms with Gasteiger partial charge in [-0.2, -0.15) is 0 Å². The Bertz CT molecular complexity index is 1010. The van der Waals surface area contributed by atoms with Crippen LogP contribution >= 0.6 is 0 Å². The van der Waals surface area contributed by atoms with Crippen LogP contribution in [0.15, 0.2) is 65.1 Å². The maximum atomic E-state index is 12.1. The molecule has 28 heavy (non-hydrogen) atoms. The van der Waals surface area contributed by atoms with E-state index >= 15 is 0 Å². The average Bonchev–Trinajstić information content (AvgIpc) is 3.14. The molecule has 0 unspecified atom stereocenters. The minimum atomic E-state index is -1.13. The van der Waals surface area contributed by atoms with Gasteiger partial charge in [0.25, 0.3) is 0 Å². The van der Waals surface area contributed by atoms with Gasteiger partial charge < -0.3 is 25.5 Å². The monoisotopic (exact) mass is 379 g/mol. The van der Waals surface area contributed by atoms with Crippen molar-refractivity contribution in [3.8, 4) is 11.3 Å². The van der Waals surface area contributed by atoms with Crippen LogP contribution in [0.25, 0.3) is 11.3 Å². The summed E-state index contributed by atoms with van der Waals surface area (Å²) in [6, 6.07) is 16.0. The van der Waals surface area contributed by atoms with Crippen LogP contribution in [-0.4, -0.2) is 23.0 Å². The number of anilines is 3. The van der Waals surface area contributed by atoms with E-state index in [0.717, 1.165) is 0 Å². The molecule has 2 aromatic carbocycles. The van der Waals surface area contributed by atoms with E-state index in [0.29, 0.717) is 28.4 Å². The van der Waals surface area contributed by atoms with Gasteiger partial charge in [-0.15, -0.1) is 0 Å². The van der Waals surface area contributed by atoms with E-state index in [2.05, 4.69) is 16.0 Å². The van der Waals surface area contributed by atoms with E-state index in [1.54, 1.807) is 54.6 Å². The lowest BCUT2D eigenvalue weighted by Gasteiger charge is -2.09. The number of carbonyl (C=O) groups excluding carboxylic acids is 2. The number of furan rings is 1. The molecule has 1 aromatic heterocycles. The standard InChI is InChI=1S/C20H17N3O5/c1-12(24)21-14-6-8-16(9-7-14)23-20(27)22-15-4-2-13(3-5-15)17-10-11-18(28-17)19(25)26/h2-11H,1H3,(H,21,24)(H,25,26)(H2,22,23,27). The quantitative estimate of drug-likeness (QED) is 0.528. The first-order valence-electron chi connectivity index (χ1n) is 8.30. The number of carbonyl (C=O) groups is 3. The van der Waals surface area contributed by atoms with Crippen molar-refractivity contribution < 1.29 is 23.9 Å². The lowest BCUT2D eigenvalue weighted by Crippen LogP contribution is -2.19. The molecule has 0 radical (unpaired) electrons. The van der Waals surface area contributed by atoms with Crippen molar-refractivity contribution in [3.05, 3.63) is 66.4 Å². The zero-order valence-electron chi connectivity index (χ0n) is 14.9. The number of carboxylic acid groups (broad SMARTS) is 1. The van der Waals surface area contributed by atoms with Gasteiger partial charge in [-0.3, -0.25) is 4.79 Å². The average molecular weight is 379 g/mol. The van der Waals surface area contributed by atoms with Crippen LogP contribution in [0.3, 0.4) is 0 Å². The molecule has 0 aliphatic heterocycles. The Kier molecular flexibility index (Phi) is 5.40. The van der Waals surface area contributed by atoms with Gasteiger partial charge in [0.15, 0.2) is 0 Å². The summed E-state index contributed by atoms with van der Waals surface area (Å²) < 4.78 is 5.24. The highest BCUT2D eigenvalue weighted by atomic mass is 16.4. The van der Waals surface area contributed by atoms with E-state index < -0.39 is 12.0 Å². The summed E-state index contributed by atoms with van der Waals surface area (Å²) in [5.74, 6) is -1.02. The molecule has 0 fully saturated rings. The number of aromatic carboxylic acids is 1. The first kappa shape index (κ1) is 18.7. The highest BCUT2D eigenvalue weighted by molar-refractivity contribution is 6.00. The molecule has 1 heterocycles. The molecule has 142 valence electrons. The Labute approximate surface area is 160 Å². The van der Waals surface area contributed by atoms with Crippen LogP contribution in [0.2, 0.25) is 0 Å². The normalized spacial score (nSPS) is 10.2. The van der Waals surface area contributed by atoms with Gasteiger partial charge in [0.1, 0.15) is 5.76 Å². The Morgan fingerprint density at radius 1 is 0.750 bits per heavy atom. The highest BCUT2D eigenvalue weighted by Gasteiger charge is 2.10. The third-order valence-corrected chi connectivity index (χ3v) is 3.71. The smallest absolute Gasteiger partial charge is 0.371 e. The summed E-state index contributed by atoms with van der Waals surface area (Å²) in [7, 11) is 0. The van der Waals surface area contributed by atoms with Crippen LogP contribution in [-0.2, 0) is 4.79 Å². The molecular formula is C20H17N3O5. The molecule has 3 aromatic rings. The number of amides is 3. The van der Waals surface area contributed by atoms with E-state index in [-0.39, 0.29) is 11.7 Å². The minimum Gasteiger partial charge on any atom is -0.475 e. The van der Waals surface area contributed by atoms with Gasteiger partial charge in [-0.05, 0) is 60.7 Å². The summed E-state index contributed by atoms with van der Waals surface area (Å²) in [5.41, 5.74) is 2.45. The predicted molar refractivity (Wildman–Crippen MR) is 104 cm³/mol. The lowest BCUT2D eigenvalue weighted by atomic mass is 10.1. The topological polar surface area (TPSA) is 121 Å². The molecule has 0 aliphatic rings. The zero-order valence-corrected chi connectivity index (χ0v) is 14.9. The number of hydrogen-bond acceptors (Lipinski definition) is 4. The summed E-state index contributed by atoms with van der Waals surface area (Å²) in [4.78, 5) is 34.0. The van der Waals surface area contributed by atoms with Crippen LogP contribution in [0.1, 0.15) is 17.5 Å². The lowest BCUT2D eigenvalue weighted by molar-refractivity contribution is -0.114. The number of carboxylic acids is 1. The van der Waals surface area contributed by atoms with Gasteiger partial charge >= 0.3 is 12.0 Å². The molecule has 0 spiro atoms. The van der Waals surface area contributed by atoms with Crippen LogP contribution in [0.4, 0.5) is 21.9 Å². The second-order valence-corrected chi connectivity index (χ2v) is 5.88. The van der Waals surface area contributed by atoms with E-state index in [4.69, 9.17) is 9.52 Å². The second-order valence-electron chi connectivity index (χ2n) is 5.88. The summed E-state index contributed by atoms with van der Waals surface area (Å²) in [6.45, 7) is 1.42. The fourth-order valence-electron chi connectivity index (χ4n) is 2.46. The minimum absolute atomic E-state index is 0.138. The van der Waals surface area contributed by atoms with Crippen molar-refractivity contribution in [1.82, 2.24) is 0 Å². The summed E-state index contributed by atoms with van der Waals surface area (Å²) in [6.07, 6.45) is 0.